The first-order valence-electron chi connectivity index (χ1n) is 11.5. The summed E-state index contributed by atoms with van der Waals surface area (Å²) in [6.07, 6.45) is -3.56. The van der Waals surface area contributed by atoms with Gasteiger partial charge in [0.1, 0.15) is 0 Å². The van der Waals surface area contributed by atoms with E-state index in [1.807, 2.05) is 4.31 Å². The molecule has 2 atom stereocenters. The van der Waals surface area contributed by atoms with E-state index in [0.717, 1.165) is 31.2 Å². The third kappa shape index (κ3) is 8.20. The predicted molar refractivity (Wildman–Crippen MR) is 125 cm³/mol. The number of aliphatic imine (C=N–C) groups is 1. The summed E-state index contributed by atoms with van der Waals surface area (Å²) in [5.74, 6) is -0.836. The van der Waals surface area contributed by atoms with Crippen molar-refractivity contribution in [3.63, 3.8) is 0 Å². The number of hydrogen-bond acceptors (Lipinski definition) is 6. The number of nitrogens with one attached hydrogen (secondary N) is 3. The number of carbonyl (C=O) groups is 2. The smallest absolute Gasteiger partial charge is 0.416 e. The molecule has 0 spiro atoms. The highest BCUT2D eigenvalue weighted by Crippen LogP contribution is 2.31. The van der Waals surface area contributed by atoms with Gasteiger partial charge in [-0.3, -0.25) is 14.6 Å². The van der Waals surface area contributed by atoms with Crippen LogP contribution < -0.4 is 16.0 Å². The number of aliphatic carboxylic acids is 1. The SMILES string of the molecule is O=C(O)CC(NC(=O)C1CCN(S(=O)CCCNC2=NCCN2)CC1)c1cccc(C(F)(F)F)c1. The number of halogens is 3. The van der Waals surface area contributed by atoms with Gasteiger partial charge in [0.05, 0.1) is 35.6 Å². The number of carboxylic acids is 1. The molecular formula is C22H30F3N5O4S. The molecule has 3 rings (SSSR count). The Morgan fingerprint density at radius 3 is 2.66 bits per heavy atom. The quantitative estimate of drug-likeness (QED) is 0.350. The van der Waals surface area contributed by atoms with E-state index >= 15 is 0 Å². The molecule has 1 amide bonds. The summed E-state index contributed by atoms with van der Waals surface area (Å²) in [6.45, 7) is 3.09. The first kappa shape index (κ1) is 26.9. The topological polar surface area (TPSA) is 123 Å². The molecule has 0 aromatic heterocycles. The Bertz CT molecular complexity index is 951. The van der Waals surface area contributed by atoms with Gasteiger partial charge < -0.3 is 21.1 Å². The van der Waals surface area contributed by atoms with Crippen molar-refractivity contribution >= 4 is 28.8 Å². The number of benzene rings is 1. The van der Waals surface area contributed by atoms with Crippen molar-refractivity contribution in [2.24, 2.45) is 10.9 Å². The Kier molecular flexibility index (Phi) is 9.49. The van der Waals surface area contributed by atoms with Crippen molar-refractivity contribution in [1.29, 1.82) is 0 Å². The van der Waals surface area contributed by atoms with Crippen LogP contribution in [0.3, 0.4) is 0 Å². The lowest BCUT2D eigenvalue weighted by atomic mass is 9.95. The molecule has 1 aromatic rings. The third-order valence-corrected chi connectivity index (χ3v) is 7.47. The zero-order chi connectivity index (χ0) is 25.4. The maximum absolute atomic E-state index is 13.1. The summed E-state index contributed by atoms with van der Waals surface area (Å²) < 4.78 is 53.6. The fraction of sp³-hybridized carbons (Fsp3) is 0.591. The largest absolute Gasteiger partial charge is 0.481 e. The summed E-state index contributed by atoms with van der Waals surface area (Å²) in [4.78, 5) is 28.3. The molecule has 1 aromatic carbocycles. The van der Waals surface area contributed by atoms with Crippen molar-refractivity contribution in [2.75, 3.05) is 38.5 Å². The fourth-order valence-corrected chi connectivity index (χ4v) is 5.29. The molecule has 2 aliphatic heterocycles. The summed E-state index contributed by atoms with van der Waals surface area (Å²) in [6, 6.07) is 3.25. The van der Waals surface area contributed by atoms with E-state index in [-0.39, 0.29) is 5.56 Å². The number of carboxylic acid groups (broad SMARTS) is 1. The Hall–Kier alpha value is -2.67. The van der Waals surface area contributed by atoms with Crippen LogP contribution in [0.1, 0.15) is 42.9 Å². The number of carbonyl (C=O) groups excluding carboxylic acids is 1. The van der Waals surface area contributed by atoms with Crippen molar-refractivity contribution in [3.8, 4) is 0 Å². The van der Waals surface area contributed by atoms with Crippen LogP contribution in [0.15, 0.2) is 29.3 Å². The highest BCUT2D eigenvalue weighted by atomic mass is 32.2. The van der Waals surface area contributed by atoms with E-state index in [4.69, 9.17) is 0 Å². The third-order valence-electron chi connectivity index (χ3n) is 5.89. The van der Waals surface area contributed by atoms with Gasteiger partial charge in [-0.05, 0) is 37.0 Å². The van der Waals surface area contributed by atoms with Crippen LogP contribution in [0.2, 0.25) is 0 Å². The number of alkyl halides is 3. The van der Waals surface area contributed by atoms with Gasteiger partial charge >= 0.3 is 12.1 Å². The normalized spacial score (nSPS) is 18.9. The Morgan fingerprint density at radius 1 is 1.29 bits per heavy atom. The zero-order valence-corrected chi connectivity index (χ0v) is 20.0. The van der Waals surface area contributed by atoms with Gasteiger partial charge in [0.15, 0.2) is 5.96 Å². The molecule has 9 nitrogen and oxygen atoms in total. The summed E-state index contributed by atoms with van der Waals surface area (Å²) in [5, 5.41) is 18.1. The minimum absolute atomic E-state index is 0.0847. The number of guanidine groups is 1. The Labute approximate surface area is 204 Å². The maximum atomic E-state index is 13.1. The number of rotatable bonds is 10. The van der Waals surface area contributed by atoms with Crippen molar-refractivity contribution in [1.82, 2.24) is 20.3 Å². The second-order valence-corrected chi connectivity index (χ2v) is 10.0. The number of nitrogens with zero attached hydrogens (tertiary/aromatic N) is 2. The fourth-order valence-electron chi connectivity index (χ4n) is 4.02. The number of piperidine rings is 1. The lowest BCUT2D eigenvalue weighted by molar-refractivity contribution is -0.138. The molecular weight excluding hydrogens is 487 g/mol. The minimum Gasteiger partial charge on any atom is -0.481 e. The van der Waals surface area contributed by atoms with E-state index < -0.39 is 53.0 Å². The van der Waals surface area contributed by atoms with Gasteiger partial charge in [-0.2, -0.15) is 13.2 Å². The van der Waals surface area contributed by atoms with Crippen LogP contribution in [0.5, 0.6) is 0 Å². The van der Waals surface area contributed by atoms with E-state index in [9.17, 15) is 32.1 Å². The van der Waals surface area contributed by atoms with Gasteiger partial charge in [0, 0.05) is 37.8 Å². The molecule has 0 radical (unpaired) electrons. The number of hydrogen-bond donors (Lipinski definition) is 4. The molecule has 1 fully saturated rings. The predicted octanol–water partition coefficient (Wildman–Crippen LogP) is 1.65. The van der Waals surface area contributed by atoms with Crippen LogP contribution >= 0.6 is 0 Å². The van der Waals surface area contributed by atoms with Gasteiger partial charge in [0.25, 0.3) is 0 Å². The summed E-state index contributed by atoms with van der Waals surface area (Å²) in [7, 11) is -1.18. The highest BCUT2D eigenvalue weighted by Gasteiger charge is 2.33. The average Bonchev–Trinajstić information content (AvgIpc) is 3.34. The molecule has 194 valence electrons. The molecule has 13 heteroatoms. The van der Waals surface area contributed by atoms with Crippen LogP contribution in [-0.2, 0) is 26.8 Å². The van der Waals surface area contributed by atoms with E-state index in [0.29, 0.717) is 44.6 Å². The van der Waals surface area contributed by atoms with E-state index in [2.05, 4.69) is 20.9 Å². The van der Waals surface area contributed by atoms with Crippen LogP contribution in [0, 0.1) is 5.92 Å². The first-order chi connectivity index (χ1) is 16.6. The zero-order valence-electron chi connectivity index (χ0n) is 19.1. The standard InChI is InChI=1S/C22H30F3N5O4S/c23-22(24,25)17-4-1-3-16(13-17)18(14-19(31)32)29-20(33)15-5-10-30(11-6-15)35(34)12-2-7-26-21-27-8-9-28-21/h1,3-4,13,15,18H,2,5-12,14H2,(H,29,33)(H,31,32)(H2,26,27,28). The molecule has 0 saturated carbocycles. The second-order valence-electron chi connectivity index (χ2n) is 8.45. The maximum Gasteiger partial charge on any atom is 0.416 e. The van der Waals surface area contributed by atoms with Crippen LogP contribution in [-0.4, -0.2) is 69.9 Å². The molecule has 0 aliphatic carbocycles. The Balaban J connectivity index is 1.49. The number of amides is 1. The molecule has 4 N–H and O–H groups in total. The molecule has 35 heavy (non-hydrogen) atoms. The molecule has 2 unspecified atom stereocenters. The lowest BCUT2D eigenvalue weighted by Gasteiger charge is -2.31. The van der Waals surface area contributed by atoms with Gasteiger partial charge in [-0.15, -0.1) is 0 Å². The average molecular weight is 518 g/mol. The van der Waals surface area contributed by atoms with Crippen molar-refractivity contribution in [3.05, 3.63) is 35.4 Å². The summed E-state index contributed by atoms with van der Waals surface area (Å²) >= 11 is 0. The van der Waals surface area contributed by atoms with Gasteiger partial charge in [0.2, 0.25) is 5.91 Å². The summed E-state index contributed by atoms with van der Waals surface area (Å²) in [5.41, 5.74) is -0.820. The van der Waals surface area contributed by atoms with Crippen molar-refractivity contribution in [2.45, 2.75) is 37.9 Å². The molecule has 2 heterocycles. The lowest BCUT2D eigenvalue weighted by Crippen LogP contribution is -2.43. The highest BCUT2D eigenvalue weighted by molar-refractivity contribution is 7.82. The minimum atomic E-state index is -4.58. The van der Waals surface area contributed by atoms with E-state index in [1.54, 1.807) is 0 Å². The first-order valence-corrected chi connectivity index (χ1v) is 12.8. The van der Waals surface area contributed by atoms with Gasteiger partial charge in [-0.25, -0.2) is 8.51 Å². The van der Waals surface area contributed by atoms with E-state index in [1.165, 1.54) is 12.1 Å². The molecule has 2 aliphatic rings. The second kappa shape index (κ2) is 12.3. The molecule has 1 saturated heterocycles. The van der Waals surface area contributed by atoms with Gasteiger partial charge in [-0.1, -0.05) is 12.1 Å². The van der Waals surface area contributed by atoms with Crippen LogP contribution in [0.25, 0.3) is 0 Å². The van der Waals surface area contributed by atoms with Crippen molar-refractivity contribution < 1.29 is 32.1 Å². The monoisotopic (exact) mass is 517 g/mol. The Morgan fingerprint density at radius 2 is 2.03 bits per heavy atom. The van der Waals surface area contributed by atoms with Crippen LogP contribution in [0.4, 0.5) is 13.2 Å². The molecule has 0 bridgehead atoms.